The lowest BCUT2D eigenvalue weighted by Gasteiger charge is -2.12. The Bertz CT molecular complexity index is 955. The van der Waals surface area contributed by atoms with E-state index in [0.717, 1.165) is 12.8 Å². The zero-order chi connectivity index (χ0) is 19.6. The largest absolute Gasteiger partial charge is 0.495 e. The quantitative estimate of drug-likeness (QED) is 0.704. The molecule has 2 aromatic carbocycles. The fourth-order valence-electron chi connectivity index (χ4n) is 2.39. The molecule has 6 nitrogen and oxygen atoms in total. The second kappa shape index (κ2) is 7.84. The summed E-state index contributed by atoms with van der Waals surface area (Å²) in [6, 6.07) is 7.95. The van der Waals surface area contributed by atoms with Gasteiger partial charge in [0, 0.05) is 11.6 Å². The maximum absolute atomic E-state index is 13.8. The van der Waals surface area contributed by atoms with Crippen LogP contribution in [0.25, 0.3) is 0 Å². The van der Waals surface area contributed by atoms with Crippen LogP contribution in [0.4, 0.5) is 4.39 Å². The van der Waals surface area contributed by atoms with E-state index >= 15 is 0 Å². The van der Waals surface area contributed by atoms with Crippen molar-refractivity contribution in [2.24, 2.45) is 0 Å². The Labute approximate surface area is 161 Å². The number of hydrogen-bond donors (Lipinski definition) is 1. The van der Waals surface area contributed by atoms with Gasteiger partial charge < -0.3 is 9.47 Å². The zero-order valence-corrected chi connectivity index (χ0v) is 15.9. The Kier molecular flexibility index (Phi) is 5.69. The van der Waals surface area contributed by atoms with Gasteiger partial charge >= 0.3 is 5.97 Å². The normalized spacial score (nSPS) is 14.0. The van der Waals surface area contributed by atoms with Crippen molar-refractivity contribution in [1.82, 2.24) is 4.72 Å². The molecule has 2 aromatic rings. The average molecular weight is 414 g/mol. The van der Waals surface area contributed by atoms with E-state index in [9.17, 15) is 17.6 Å². The number of ether oxygens (including phenoxy) is 2. The molecule has 1 saturated carbocycles. The van der Waals surface area contributed by atoms with Crippen LogP contribution in [0.15, 0.2) is 41.3 Å². The minimum Gasteiger partial charge on any atom is -0.495 e. The fourth-order valence-corrected chi connectivity index (χ4v) is 4.11. The lowest BCUT2D eigenvalue weighted by Crippen LogP contribution is -2.26. The molecule has 27 heavy (non-hydrogen) atoms. The molecule has 0 radical (unpaired) electrons. The number of esters is 1. The monoisotopic (exact) mass is 413 g/mol. The highest BCUT2D eigenvalue weighted by Gasteiger charge is 2.30. The van der Waals surface area contributed by atoms with E-state index in [2.05, 4.69) is 4.72 Å². The Morgan fingerprint density at radius 2 is 2.04 bits per heavy atom. The van der Waals surface area contributed by atoms with Gasteiger partial charge in [0.15, 0.2) is 0 Å². The van der Waals surface area contributed by atoms with E-state index in [-0.39, 0.29) is 39.4 Å². The SMILES string of the molecule is COc1ccc(C(=O)OCc2c(F)cccc2Cl)cc1S(=O)(=O)NC1CC1. The number of rotatable bonds is 7. The van der Waals surface area contributed by atoms with Crippen LogP contribution in [0, 0.1) is 5.82 Å². The highest BCUT2D eigenvalue weighted by atomic mass is 35.5. The van der Waals surface area contributed by atoms with Crippen LogP contribution in [0.1, 0.15) is 28.8 Å². The van der Waals surface area contributed by atoms with Gasteiger partial charge in [0.2, 0.25) is 10.0 Å². The number of sulfonamides is 1. The predicted molar refractivity (Wildman–Crippen MR) is 96.9 cm³/mol. The summed E-state index contributed by atoms with van der Waals surface area (Å²) in [6.07, 6.45) is 1.54. The Morgan fingerprint density at radius 1 is 1.30 bits per heavy atom. The van der Waals surface area contributed by atoms with Gasteiger partial charge in [0.25, 0.3) is 0 Å². The molecule has 144 valence electrons. The summed E-state index contributed by atoms with van der Waals surface area (Å²) in [5.41, 5.74) is 0.0451. The van der Waals surface area contributed by atoms with E-state index in [1.807, 2.05) is 0 Å². The number of halogens is 2. The predicted octanol–water partition coefficient (Wildman–Crippen LogP) is 3.29. The van der Waals surface area contributed by atoms with E-state index < -0.39 is 21.8 Å². The van der Waals surface area contributed by atoms with Crippen LogP contribution >= 0.6 is 11.6 Å². The average Bonchev–Trinajstić information content (AvgIpc) is 3.43. The number of methoxy groups -OCH3 is 1. The van der Waals surface area contributed by atoms with Crippen molar-refractivity contribution in [3.05, 3.63) is 58.4 Å². The third kappa shape index (κ3) is 4.58. The summed E-state index contributed by atoms with van der Waals surface area (Å²) < 4.78 is 51.5. The minimum absolute atomic E-state index is 0.000524. The molecule has 1 fully saturated rings. The first-order valence-corrected chi connectivity index (χ1v) is 9.98. The van der Waals surface area contributed by atoms with Gasteiger partial charge in [-0.05, 0) is 43.2 Å². The van der Waals surface area contributed by atoms with Crippen LogP contribution in [0.3, 0.4) is 0 Å². The first-order valence-electron chi connectivity index (χ1n) is 8.12. The van der Waals surface area contributed by atoms with Gasteiger partial charge in [-0.15, -0.1) is 0 Å². The van der Waals surface area contributed by atoms with Crippen molar-refractivity contribution in [2.75, 3.05) is 7.11 Å². The summed E-state index contributed by atoms with van der Waals surface area (Å²) in [6.45, 7) is -0.376. The van der Waals surface area contributed by atoms with E-state index in [1.165, 1.54) is 43.5 Å². The number of carbonyl (C=O) groups is 1. The lowest BCUT2D eigenvalue weighted by molar-refractivity contribution is 0.0469. The summed E-state index contributed by atoms with van der Waals surface area (Å²) in [5.74, 6) is -1.29. The van der Waals surface area contributed by atoms with E-state index in [1.54, 1.807) is 0 Å². The molecule has 0 spiro atoms. The molecule has 0 amide bonds. The molecular weight excluding hydrogens is 397 g/mol. The standard InChI is InChI=1S/C18H17ClFNO5S/c1-25-16-8-5-11(9-17(16)27(23,24)21-12-6-7-12)18(22)26-10-13-14(19)3-2-4-15(13)20/h2-5,8-9,12,21H,6-7,10H2,1H3. The van der Waals surface area contributed by atoms with Crippen molar-refractivity contribution in [1.29, 1.82) is 0 Å². The fraction of sp³-hybridized carbons (Fsp3) is 0.278. The molecular formula is C18H17ClFNO5S. The maximum atomic E-state index is 13.8. The molecule has 1 aliphatic carbocycles. The Balaban J connectivity index is 1.81. The van der Waals surface area contributed by atoms with Gasteiger partial charge in [-0.25, -0.2) is 22.3 Å². The second-order valence-electron chi connectivity index (χ2n) is 6.04. The van der Waals surface area contributed by atoms with Crippen LogP contribution in [0.5, 0.6) is 5.75 Å². The Morgan fingerprint density at radius 3 is 2.67 bits per heavy atom. The molecule has 3 rings (SSSR count). The third-order valence-corrected chi connectivity index (χ3v) is 5.89. The van der Waals surface area contributed by atoms with E-state index in [4.69, 9.17) is 21.1 Å². The molecule has 0 aromatic heterocycles. The Hall–Kier alpha value is -2.16. The molecule has 9 heteroatoms. The number of hydrogen-bond acceptors (Lipinski definition) is 5. The molecule has 0 heterocycles. The molecule has 1 N–H and O–H groups in total. The smallest absolute Gasteiger partial charge is 0.338 e. The molecule has 0 bridgehead atoms. The van der Waals surface area contributed by atoms with Gasteiger partial charge in [-0.3, -0.25) is 0 Å². The third-order valence-electron chi connectivity index (χ3n) is 4.00. The minimum atomic E-state index is -3.84. The van der Waals surface area contributed by atoms with Crippen LogP contribution in [-0.2, 0) is 21.4 Å². The van der Waals surface area contributed by atoms with Crippen molar-refractivity contribution in [3.8, 4) is 5.75 Å². The number of carbonyl (C=O) groups excluding carboxylic acids is 1. The van der Waals surface area contributed by atoms with Gasteiger partial charge in [0.05, 0.1) is 17.7 Å². The molecule has 1 aliphatic rings. The zero-order valence-electron chi connectivity index (χ0n) is 14.4. The highest BCUT2D eigenvalue weighted by molar-refractivity contribution is 7.89. The van der Waals surface area contributed by atoms with Gasteiger partial charge in [0.1, 0.15) is 23.1 Å². The first kappa shape index (κ1) is 19.6. The molecule has 0 unspecified atom stereocenters. The van der Waals surface area contributed by atoms with Crippen LogP contribution < -0.4 is 9.46 Å². The van der Waals surface area contributed by atoms with Crippen molar-refractivity contribution >= 4 is 27.6 Å². The van der Waals surface area contributed by atoms with Gasteiger partial charge in [-0.2, -0.15) is 0 Å². The first-order chi connectivity index (χ1) is 12.8. The van der Waals surface area contributed by atoms with E-state index in [0.29, 0.717) is 0 Å². The van der Waals surface area contributed by atoms with Gasteiger partial charge in [-0.1, -0.05) is 17.7 Å². The summed E-state index contributed by atoms with van der Waals surface area (Å²) in [5, 5.41) is 0.134. The van der Waals surface area contributed by atoms with Crippen molar-refractivity contribution in [3.63, 3.8) is 0 Å². The number of nitrogens with one attached hydrogen (secondary N) is 1. The topological polar surface area (TPSA) is 81.7 Å². The molecule has 0 saturated heterocycles. The second-order valence-corrected chi connectivity index (χ2v) is 8.13. The maximum Gasteiger partial charge on any atom is 0.338 e. The molecule has 0 atom stereocenters. The van der Waals surface area contributed by atoms with Crippen molar-refractivity contribution in [2.45, 2.75) is 30.4 Å². The summed E-state index contributed by atoms with van der Waals surface area (Å²) in [7, 11) is -2.50. The summed E-state index contributed by atoms with van der Waals surface area (Å²) >= 11 is 5.90. The summed E-state index contributed by atoms with van der Waals surface area (Å²) in [4.78, 5) is 12.2. The van der Waals surface area contributed by atoms with Crippen LogP contribution in [0.2, 0.25) is 5.02 Å². The van der Waals surface area contributed by atoms with Crippen LogP contribution in [-0.4, -0.2) is 27.5 Å². The van der Waals surface area contributed by atoms with Crippen molar-refractivity contribution < 1.29 is 27.1 Å². The lowest BCUT2D eigenvalue weighted by atomic mass is 10.2. The number of benzene rings is 2. The molecule has 0 aliphatic heterocycles. The highest BCUT2D eigenvalue weighted by Crippen LogP contribution is 2.29.